The zero-order valence-corrected chi connectivity index (χ0v) is 22.1. The second kappa shape index (κ2) is 13.1. The van der Waals surface area contributed by atoms with E-state index in [0.29, 0.717) is 22.0 Å². The van der Waals surface area contributed by atoms with Crippen molar-refractivity contribution in [2.45, 2.75) is 63.6 Å². The standard InChI is InChI=1S/C30H31Cl2FN2O2/c31-26-16-13-23(17-27(26)32)20-35(29(36)19-22-11-14-24(33)15-12-22)28(18-21-7-3-1-4-8-21)30(37)34-25-9-5-2-6-10-25/h1,3-4,7-8,11-17,25,28H,2,5-6,9-10,18-20H2,(H,34,37)/t28-/m1/s1. The third-order valence-electron chi connectivity index (χ3n) is 6.83. The molecule has 4 nitrogen and oxygen atoms in total. The fraction of sp³-hybridized carbons (Fsp3) is 0.333. The first-order valence-corrected chi connectivity index (χ1v) is 13.5. The summed E-state index contributed by atoms with van der Waals surface area (Å²) in [4.78, 5) is 29.2. The molecule has 7 heteroatoms. The van der Waals surface area contributed by atoms with E-state index in [-0.39, 0.29) is 36.6 Å². The van der Waals surface area contributed by atoms with Crippen molar-refractivity contribution in [3.05, 3.63) is 105 Å². The van der Waals surface area contributed by atoms with Gasteiger partial charge in [-0.1, -0.05) is 91.0 Å². The van der Waals surface area contributed by atoms with Crippen LogP contribution in [-0.4, -0.2) is 28.8 Å². The Hall–Kier alpha value is -2.89. The summed E-state index contributed by atoms with van der Waals surface area (Å²) >= 11 is 12.4. The minimum absolute atomic E-state index is 0.0452. The van der Waals surface area contributed by atoms with Crippen LogP contribution in [0.2, 0.25) is 10.0 Å². The van der Waals surface area contributed by atoms with Crippen molar-refractivity contribution < 1.29 is 14.0 Å². The molecule has 1 aliphatic rings. The number of carbonyl (C=O) groups excluding carboxylic acids is 2. The third kappa shape index (κ3) is 7.80. The van der Waals surface area contributed by atoms with Crippen molar-refractivity contribution >= 4 is 35.0 Å². The SMILES string of the molecule is O=C(NC1CCCCC1)[C@@H](Cc1ccccc1)N(Cc1ccc(Cl)c(Cl)c1)C(=O)Cc1ccc(F)cc1. The largest absolute Gasteiger partial charge is 0.352 e. The molecular weight excluding hydrogens is 510 g/mol. The molecule has 0 aromatic heterocycles. The van der Waals surface area contributed by atoms with Crippen LogP contribution in [0.5, 0.6) is 0 Å². The zero-order chi connectivity index (χ0) is 26.2. The highest BCUT2D eigenvalue weighted by Crippen LogP contribution is 2.25. The molecule has 0 bridgehead atoms. The number of carbonyl (C=O) groups is 2. The third-order valence-corrected chi connectivity index (χ3v) is 7.57. The minimum Gasteiger partial charge on any atom is -0.352 e. The zero-order valence-electron chi connectivity index (χ0n) is 20.6. The van der Waals surface area contributed by atoms with Gasteiger partial charge in [-0.2, -0.15) is 0 Å². The summed E-state index contributed by atoms with van der Waals surface area (Å²) in [5, 5.41) is 4.03. The van der Waals surface area contributed by atoms with Crippen LogP contribution >= 0.6 is 23.2 Å². The van der Waals surface area contributed by atoms with E-state index in [4.69, 9.17) is 23.2 Å². The number of benzene rings is 3. The van der Waals surface area contributed by atoms with E-state index in [1.165, 1.54) is 18.6 Å². The second-order valence-corrected chi connectivity index (χ2v) is 10.4. The fourth-order valence-electron chi connectivity index (χ4n) is 4.81. The molecule has 0 aliphatic heterocycles. The maximum Gasteiger partial charge on any atom is 0.243 e. The Kier molecular flexibility index (Phi) is 9.59. The Balaban J connectivity index is 1.66. The number of amides is 2. The van der Waals surface area contributed by atoms with Crippen molar-refractivity contribution in [1.29, 1.82) is 0 Å². The quantitative estimate of drug-likeness (QED) is 0.325. The van der Waals surface area contributed by atoms with Gasteiger partial charge in [0.05, 0.1) is 16.5 Å². The lowest BCUT2D eigenvalue weighted by atomic mass is 9.94. The number of nitrogens with zero attached hydrogens (tertiary/aromatic N) is 1. The summed E-state index contributed by atoms with van der Waals surface area (Å²) in [6, 6.07) is 20.2. The average Bonchev–Trinajstić information content (AvgIpc) is 2.90. The molecule has 1 saturated carbocycles. The normalized spacial score (nSPS) is 14.7. The fourth-order valence-corrected chi connectivity index (χ4v) is 5.13. The van der Waals surface area contributed by atoms with Crippen LogP contribution in [-0.2, 0) is 29.0 Å². The van der Waals surface area contributed by atoms with E-state index in [2.05, 4.69) is 5.32 Å². The van der Waals surface area contributed by atoms with Gasteiger partial charge in [-0.3, -0.25) is 9.59 Å². The van der Waals surface area contributed by atoms with Gasteiger partial charge in [0, 0.05) is 19.0 Å². The number of hydrogen-bond donors (Lipinski definition) is 1. The summed E-state index contributed by atoms with van der Waals surface area (Å²) in [6.07, 6.45) is 5.66. The van der Waals surface area contributed by atoms with Gasteiger partial charge in [-0.05, 0) is 53.8 Å². The smallest absolute Gasteiger partial charge is 0.243 e. The van der Waals surface area contributed by atoms with E-state index in [1.807, 2.05) is 36.4 Å². The van der Waals surface area contributed by atoms with E-state index in [9.17, 15) is 14.0 Å². The molecule has 0 spiro atoms. The monoisotopic (exact) mass is 540 g/mol. The molecule has 0 radical (unpaired) electrons. The van der Waals surface area contributed by atoms with E-state index in [0.717, 1.165) is 36.8 Å². The number of rotatable bonds is 9. The Morgan fingerprint density at radius 1 is 0.865 bits per heavy atom. The average molecular weight is 541 g/mol. The van der Waals surface area contributed by atoms with E-state index in [1.54, 1.807) is 29.2 Å². The Morgan fingerprint density at radius 2 is 1.54 bits per heavy atom. The maximum atomic E-state index is 13.8. The van der Waals surface area contributed by atoms with Gasteiger partial charge in [0.15, 0.2) is 0 Å². The second-order valence-electron chi connectivity index (χ2n) is 9.62. The first-order chi connectivity index (χ1) is 17.9. The van der Waals surface area contributed by atoms with Crippen molar-refractivity contribution in [3.8, 4) is 0 Å². The van der Waals surface area contributed by atoms with Gasteiger partial charge in [0.1, 0.15) is 11.9 Å². The lowest BCUT2D eigenvalue weighted by Crippen LogP contribution is -2.53. The van der Waals surface area contributed by atoms with Crippen LogP contribution in [0.15, 0.2) is 72.8 Å². The summed E-state index contributed by atoms with van der Waals surface area (Å²) in [7, 11) is 0. The van der Waals surface area contributed by atoms with Gasteiger partial charge in [-0.25, -0.2) is 4.39 Å². The summed E-state index contributed by atoms with van der Waals surface area (Å²) < 4.78 is 13.5. The van der Waals surface area contributed by atoms with Crippen molar-refractivity contribution in [2.75, 3.05) is 0 Å². The lowest BCUT2D eigenvalue weighted by molar-refractivity contribution is -0.141. The van der Waals surface area contributed by atoms with Crippen molar-refractivity contribution in [1.82, 2.24) is 10.2 Å². The molecule has 4 rings (SSSR count). The molecule has 1 fully saturated rings. The van der Waals surface area contributed by atoms with Crippen molar-refractivity contribution in [2.24, 2.45) is 0 Å². The topological polar surface area (TPSA) is 49.4 Å². The minimum atomic E-state index is -0.730. The highest BCUT2D eigenvalue weighted by Gasteiger charge is 2.32. The maximum absolute atomic E-state index is 13.8. The predicted molar refractivity (Wildman–Crippen MR) is 146 cm³/mol. The van der Waals surface area contributed by atoms with Gasteiger partial charge in [0.25, 0.3) is 0 Å². The van der Waals surface area contributed by atoms with Crippen LogP contribution in [0.3, 0.4) is 0 Å². The highest BCUT2D eigenvalue weighted by atomic mass is 35.5. The number of nitrogens with one attached hydrogen (secondary N) is 1. The molecule has 2 amide bonds. The highest BCUT2D eigenvalue weighted by molar-refractivity contribution is 6.42. The van der Waals surface area contributed by atoms with E-state index < -0.39 is 6.04 Å². The molecule has 3 aromatic rings. The number of halogens is 3. The lowest BCUT2D eigenvalue weighted by Gasteiger charge is -2.33. The molecule has 1 aliphatic carbocycles. The van der Waals surface area contributed by atoms with Crippen molar-refractivity contribution in [3.63, 3.8) is 0 Å². The Morgan fingerprint density at radius 3 is 2.22 bits per heavy atom. The summed E-state index contributed by atoms with van der Waals surface area (Å²) in [5.41, 5.74) is 2.40. The summed E-state index contributed by atoms with van der Waals surface area (Å²) in [6.45, 7) is 0.187. The van der Waals surface area contributed by atoms with Crippen LogP contribution in [0.4, 0.5) is 4.39 Å². The predicted octanol–water partition coefficient (Wildman–Crippen LogP) is 6.76. The molecule has 194 valence electrons. The number of hydrogen-bond acceptors (Lipinski definition) is 2. The van der Waals surface area contributed by atoms with E-state index >= 15 is 0 Å². The van der Waals surface area contributed by atoms with Crippen LogP contribution in [0, 0.1) is 5.82 Å². The van der Waals surface area contributed by atoms with Crippen LogP contribution < -0.4 is 5.32 Å². The van der Waals surface area contributed by atoms with Gasteiger partial charge < -0.3 is 10.2 Å². The molecule has 1 atom stereocenters. The molecule has 0 unspecified atom stereocenters. The molecular formula is C30H31Cl2FN2O2. The first-order valence-electron chi connectivity index (χ1n) is 12.7. The molecule has 3 aromatic carbocycles. The van der Waals surface area contributed by atoms with Gasteiger partial charge in [-0.15, -0.1) is 0 Å². The Labute approximate surface area is 227 Å². The molecule has 37 heavy (non-hydrogen) atoms. The Bertz CT molecular complexity index is 1200. The van der Waals surface area contributed by atoms with Crippen LogP contribution in [0.1, 0.15) is 48.8 Å². The molecule has 0 saturated heterocycles. The van der Waals surface area contributed by atoms with Gasteiger partial charge >= 0.3 is 0 Å². The first kappa shape index (κ1) is 27.2. The van der Waals surface area contributed by atoms with Gasteiger partial charge in [0.2, 0.25) is 11.8 Å². The molecule has 0 heterocycles. The van der Waals surface area contributed by atoms with Crippen LogP contribution in [0.25, 0.3) is 0 Å². The molecule has 1 N–H and O–H groups in total. The summed E-state index contributed by atoms with van der Waals surface area (Å²) in [5.74, 6) is -0.752.